The molecule has 224 valence electrons. The molecule has 0 aromatic carbocycles. The van der Waals surface area contributed by atoms with Crippen LogP contribution in [0.5, 0.6) is 0 Å². The van der Waals surface area contributed by atoms with Gasteiger partial charge in [0.2, 0.25) is 0 Å². The molecule has 1 spiro atoms. The number of allylic oxidation sites excluding steroid dienone is 1. The first-order valence-corrected chi connectivity index (χ1v) is 14.9. The highest BCUT2D eigenvalue weighted by molar-refractivity contribution is 5.98. The average Bonchev–Trinajstić information content (AvgIpc) is 3.54. The lowest BCUT2D eigenvalue weighted by molar-refractivity contribution is -0.197. The number of epoxide rings is 1. The summed E-state index contributed by atoms with van der Waals surface area (Å²) in [5.74, 6) is -1.83. The van der Waals surface area contributed by atoms with Crippen LogP contribution < -0.4 is 0 Å². The number of esters is 3. The van der Waals surface area contributed by atoms with Crippen molar-refractivity contribution in [1.82, 2.24) is 0 Å². The summed E-state index contributed by atoms with van der Waals surface area (Å²) in [6.45, 7) is 12.3. The summed E-state index contributed by atoms with van der Waals surface area (Å²) >= 11 is 0. The van der Waals surface area contributed by atoms with Gasteiger partial charge in [-0.2, -0.15) is 0 Å². The molecule has 6 rings (SSSR count). The van der Waals surface area contributed by atoms with E-state index in [0.29, 0.717) is 18.4 Å². The van der Waals surface area contributed by atoms with Crippen LogP contribution >= 0.6 is 0 Å². The topological polar surface area (TPSA) is 129 Å². The van der Waals surface area contributed by atoms with Gasteiger partial charge in [0.15, 0.2) is 17.5 Å². The molecule has 0 bridgehead atoms. The normalized spacial score (nSPS) is 47.7. The van der Waals surface area contributed by atoms with E-state index < -0.39 is 53.0 Å². The first-order valence-electron chi connectivity index (χ1n) is 14.9. The zero-order chi connectivity index (χ0) is 29.9. The molecule has 41 heavy (non-hydrogen) atoms. The summed E-state index contributed by atoms with van der Waals surface area (Å²) in [7, 11) is 0. The van der Waals surface area contributed by atoms with Crippen LogP contribution in [0.25, 0.3) is 0 Å². The van der Waals surface area contributed by atoms with E-state index in [-0.39, 0.29) is 40.8 Å². The Hall–Kier alpha value is -2.52. The molecule has 3 saturated carbocycles. The van der Waals surface area contributed by atoms with E-state index in [4.69, 9.17) is 18.9 Å². The average molecular weight is 571 g/mol. The molecule has 0 radical (unpaired) electrons. The van der Waals surface area contributed by atoms with Crippen LogP contribution in [0.2, 0.25) is 0 Å². The molecule has 2 aliphatic heterocycles. The Morgan fingerprint density at radius 1 is 1.05 bits per heavy atom. The number of aliphatic hydroxyl groups is 1. The van der Waals surface area contributed by atoms with Crippen molar-refractivity contribution in [2.45, 2.75) is 116 Å². The molecule has 0 aromatic rings. The summed E-state index contributed by atoms with van der Waals surface area (Å²) < 4.78 is 24.0. The van der Waals surface area contributed by atoms with E-state index in [1.54, 1.807) is 19.9 Å². The third-order valence-corrected chi connectivity index (χ3v) is 12.2. The fourth-order valence-corrected chi connectivity index (χ4v) is 10.1. The number of fused-ring (bicyclic) bond motifs is 4. The predicted octanol–water partition coefficient (Wildman–Crippen LogP) is 3.61. The fraction of sp³-hybridized carbons (Fsp3) is 0.750. The van der Waals surface area contributed by atoms with Crippen LogP contribution in [0.3, 0.4) is 0 Å². The fourth-order valence-electron chi connectivity index (χ4n) is 10.1. The Labute approximate surface area is 241 Å². The van der Waals surface area contributed by atoms with E-state index in [1.807, 2.05) is 13.8 Å². The Morgan fingerprint density at radius 2 is 1.73 bits per heavy atom. The number of hydrogen-bond acceptors (Lipinski definition) is 9. The lowest BCUT2D eigenvalue weighted by atomic mass is 9.43. The second-order valence-corrected chi connectivity index (χ2v) is 14.1. The highest BCUT2D eigenvalue weighted by Gasteiger charge is 2.85. The minimum Gasteiger partial charge on any atom is -0.459 e. The number of ether oxygens (including phenoxy) is 4. The van der Waals surface area contributed by atoms with E-state index in [9.17, 15) is 24.3 Å². The molecular formula is C32H42O9. The number of ketones is 1. The smallest absolute Gasteiger partial charge is 0.334 e. The van der Waals surface area contributed by atoms with Gasteiger partial charge in [-0.3, -0.25) is 14.4 Å². The lowest BCUT2D eigenvalue weighted by Crippen LogP contribution is -2.68. The Bertz CT molecular complexity index is 1280. The van der Waals surface area contributed by atoms with E-state index in [2.05, 4.69) is 6.92 Å². The van der Waals surface area contributed by atoms with Crippen LogP contribution in [0.1, 0.15) is 80.6 Å². The molecule has 4 aliphatic carbocycles. The van der Waals surface area contributed by atoms with E-state index in [1.165, 1.54) is 19.9 Å². The van der Waals surface area contributed by atoms with Crippen LogP contribution in [0, 0.1) is 34.5 Å². The van der Waals surface area contributed by atoms with Gasteiger partial charge in [-0.05, 0) is 88.7 Å². The quantitative estimate of drug-likeness (QED) is 0.306. The summed E-state index contributed by atoms with van der Waals surface area (Å²) in [5.41, 5.74) is -2.15. The molecule has 1 saturated heterocycles. The molecule has 12 unspecified atom stereocenters. The maximum absolute atomic E-state index is 13.8. The summed E-state index contributed by atoms with van der Waals surface area (Å²) in [6, 6.07) is 0. The second-order valence-electron chi connectivity index (χ2n) is 14.1. The Morgan fingerprint density at radius 3 is 2.37 bits per heavy atom. The maximum Gasteiger partial charge on any atom is 0.334 e. The molecule has 0 amide bonds. The number of cyclic esters (lactones) is 1. The standard InChI is InChI=1S/C32H42O9/c1-15-14-24(40-28(36)16(15)2)31(7,37)21-9-8-19-25-20(12-13-29(19,21)5)30(6)22(35)10-11-23(38-17(3)33)32(30)27(41-32)26(25)39-18(4)34/h10-11,19-21,23-27,37H,8-9,12-14H2,1-7H3. The number of rotatable bonds is 4. The van der Waals surface area contributed by atoms with Crippen molar-refractivity contribution >= 4 is 23.7 Å². The molecule has 0 aromatic heterocycles. The van der Waals surface area contributed by atoms with Gasteiger partial charge in [0, 0.05) is 31.8 Å². The Kier molecular flexibility index (Phi) is 6.27. The van der Waals surface area contributed by atoms with Crippen molar-refractivity contribution in [3.8, 4) is 0 Å². The van der Waals surface area contributed by atoms with Gasteiger partial charge >= 0.3 is 17.9 Å². The third kappa shape index (κ3) is 3.66. The minimum atomic E-state index is -1.27. The van der Waals surface area contributed by atoms with Crippen molar-refractivity contribution < 1.29 is 43.2 Å². The van der Waals surface area contributed by atoms with Crippen LogP contribution in [0.15, 0.2) is 23.3 Å². The monoisotopic (exact) mass is 570 g/mol. The minimum absolute atomic E-state index is 0.0321. The van der Waals surface area contributed by atoms with Crippen molar-refractivity contribution in [2.75, 3.05) is 0 Å². The van der Waals surface area contributed by atoms with Crippen molar-refractivity contribution in [3.05, 3.63) is 23.3 Å². The molecule has 4 fully saturated rings. The number of hydrogen-bond donors (Lipinski definition) is 1. The lowest BCUT2D eigenvalue weighted by Gasteiger charge is -2.60. The van der Waals surface area contributed by atoms with Gasteiger partial charge in [0.25, 0.3) is 0 Å². The van der Waals surface area contributed by atoms with Crippen LogP contribution in [-0.4, -0.2) is 64.4 Å². The molecule has 12 atom stereocenters. The van der Waals surface area contributed by atoms with Gasteiger partial charge < -0.3 is 24.1 Å². The highest BCUT2D eigenvalue weighted by Crippen LogP contribution is 2.74. The zero-order valence-electron chi connectivity index (χ0n) is 25.0. The molecule has 2 heterocycles. The molecule has 1 N–H and O–H groups in total. The molecular weight excluding hydrogens is 528 g/mol. The number of carbonyl (C=O) groups is 4. The SMILES string of the molecule is CC(=O)OC1C2C3CCC(C(C)(O)C4CC(C)=C(C)C(=O)O4)C3(C)CCC2C2(C)C(=O)C=CC(OC(C)=O)C23OC13. The van der Waals surface area contributed by atoms with Crippen molar-refractivity contribution in [1.29, 1.82) is 0 Å². The van der Waals surface area contributed by atoms with Gasteiger partial charge in [-0.25, -0.2) is 4.79 Å². The van der Waals surface area contributed by atoms with Gasteiger partial charge in [0.1, 0.15) is 23.9 Å². The second kappa shape index (κ2) is 8.99. The Balaban J connectivity index is 1.38. The largest absolute Gasteiger partial charge is 0.459 e. The predicted molar refractivity (Wildman–Crippen MR) is 145 cm³/mol. The molecule has 9 heteroatoms. The number of carbonyl (C=O) groups excluding carboxylic acids is 4. The first kappa shape index (κ1) is 28.6. The van der Waals surface area contributed by atoms with Crippen molar-refractivity contribution in [3.63, 3.8) is 0 Å². The van der Waals surface area contributed by atoms with Crippen molar-refractivity contribution in [2.24, 2.45) is 34.5 Å². The van der Waals surface area contributed by atoms with Gasteiger partial charge in [-0.1, -0.05) is 12.5 Å². The molecule has 6 aliphatic rings. The first-order chi connectivity index (χ1) is 19.1. The van der Waals surface area contributed by atoms with Gasteiger partial charge in [0.05, 0.1) is 5.41 Å². The maximum atomic E-state index is 13.8. The molecule has 9 nitrogen and oxygen atoms in total. The summed E-state index contributed by atoms with van der Waals surface area (Å²) in [5, 5.41) is 12.1. The van der Waals surface area contributed by atoms with E-state index in [0.717, 1.165) is 24.8 Å². The zero-order valence-corrected chi connectivity index (χ0v) is 25.0. The van der Waals surface area contributed by atoms with Crippen LogP contribution in [0.4, 0.5) is 0 Å². The highest BCUT2D eigenvalue weighted by atomic mass is 16.7. The third-order valence-electron chi connectivity index (χ3n) is 12.2. The van der Waals surface area contributed by atoms with E-state index >= 15 is 0 Å². The summed E-state index contributed by atoms with van der Waals surface area (Å²) in [4.78, 5) is 50.9. The van der Waals surface area contributed by atoms with Crippen LogP contribution in [-0.2, 0) is 38.1 Å². The summed E-state index contributed by atoms with van der Waals surface area (Å²) in [6.07, 6.45) is 3.90. The van der Waals surface area contributed by atoms with Gasteiger partial charge in [-0.15, -0.1) is 0 Å².